The molecule has 0 bridgehead atoms. The zero-order chi connectivity index (χ0) is 15.0. The largest absolute Gasteiger partial charge is 0.480 e. The fourth-order valence-corrected chi connectivity index (χ4v) is 1.71. The smallest absolute Gasteiger partial charge is 0.323 e. The molecule has 0 aliphatic carbocycles. The van der Waals surface area contributed by atoms with Crippen LogP contribution in [0.3, 0.4) is 0 Å². The van der Waals surface area contributed by atoms with Gasteiger partial charge >= 0.3 is 5.97 Å². The average Bonchev–Trinajstić information content (AvgIpc) is 2.41. The number of hydrogen-bond donors (Lipinski definition) is 1. The molecule has 0 aromatic heterocycles. The third-order valence-electron chi connectivity index (χ3n) is 2.51. The summed E-state index contributed by atoms with van der Waals surface area (Å²) in [5.41, 5.74) is 0.699. The van der Waals surface area contributed by atoms with Crippen LogP contribution < -0.4 is 0 Å². The third-order valence-corrected chi connectivity index (χ3v) is 2.86. The van der Waals surface area contributed by atoms with Gasteiger partial charge in [-0.3, -0.25) is 9.59 Å². The Bertz CT molecular complexity index is 502. The van der Waals surface area contributed by atoms with E-state index in [1.165, 1.54) is 18.1 Å². The maximum absolute atomic E-state index is 11.9. The summed E-state index contributed by atoms with van der Waals surface area (Å²) < 4.78 is 4.85. The first-order chi connectivity index (χ1) is 9.54. The number of halogens is 1. The lowest BCUT2D eigenvalue weighted by atomic mass is 10.2. The molecule has 0 radical (unpaired) electrons. The van der Waals surface area contributed by atoms with Crippen LogP contribution >= 0.6 is 11.6 Å². The molecule has 1 rings (SSSR count). The predicted molar refractivity (Wildman–Crippen MR) is 76.6 cm³/mol. The summed E-state index contributed by atoms with van der Waals surface area (Å²) in [7, 11) is 1.49. The topological polar surface area (TPSA) is 66.8 Å². The second kappa shape index (κ2) is 8.35. The lowest BCUT2D eigenvalue weighted by molar-refractivity contribution is -0.143. The Morgan fingerprint density at radius 3 is 2.70 bits per heavy atom. The molecule has 0 spiro atoms. The second-order valence-corrected chi connectivity index (χ2v) is 4.41. The fraction of sp³-hybridized carbons (Fsp3) is 0.286. The van der Waals surface area contributed by atoms with Gasteiger partial charge in [0.15, 0.2) is 0 Å². The minimum atomic E-state index is -1.07. The van der Waals surface area contributed by atoms with Crippen molar-refractivity contribution in [1.29, 1.82) is 0 Å². The predicted octanol–water partition coefficient (Wildman–Crippen LogP) is 1.91. The number of carbonyl (C=O) groups excluding carboxylic acids is 1. The van der Waals surface area contributed by atoms with Crippen LogP contribution in [0.15, 0.2) is 30.3 Å². The van der Waals surface area contributed by atoms with Crippen molar-refractivity contribution < 1.29 is 19.4 Å². The number of ether oxygens (including phenoxy) is 1. The van der Waals surface area contributed by atoms with Gasteiger partial charge in [0.1, 0.15) is 6.54 Å². The summed E-state index contributed by atoms with van der Waals surface area (Å²) >= 11 is 5.96. The molecule has 0 unspecified atom stereocenters. The fourth-order valence-electron chi connectivity index (χ4n) is 1.51. The summed E-state index contributed by atoms with van der Waals surface area (Å²) in [5.74, 6) is -1.47. The Balaban J connectivity index is 2.74. The molecule has 1 aromatic rings. The highest BCUT2D eigenvalue weighted by Crippen LogP contribution is 2.16. The van der Waals surface area contributed by atoms with Crippen molar-refractivity contribution in [1.82, 2.24) is 4.90 Å². The van der Waals surface area contributed by atoms with Crippen LogP contribution in [-0.2, 0) is 14.3 Å². The Morgan fingerprint density at radius 1 is 1.40 bits per heavy atom. The van der Waals surface area contributed by atoms with Crippen LogP contribution in [0.4, 0.5) is 0 Å². The number of carboxylic acids is 1. The van der Waals surface area contributed by atoms with Crippen LogP contribution in [-0.4, -0.2) is 48.7 Å². The Morgan fingerprint density at radius 2 is 2.10 bits per heavy atom. The number of amides is 1. The van der Waals surface area contributed by atoms with E-state index in [1.54, 1.807) is 30.3 Å². The van der Waals surface area contributed by atoms with Crippen molar-refractivity contribution in [3.63, 3.8) is 0 Å². The van der Waals surface area contributed by atoms with Crippen LogP contribution in [0.5, 0.6) is 0 Å². The minimum absolute atomic E-state index is 0.217. The van der Waals surface area contributed by atoms with Gasteiger partial charge in [-0.15, -0.1) is 0 Å². The van der Waals surface area contributed by atoms with Crippen molar-refractivity contribution in [3.8, 4) is 0 Å². The van der Waals surface area contributed by atoms with Crippen LogP contribution in [0.2, 0.25) is 5.02 Å². The first-order valence-electron chi connectivity index (χ1n) is 5.97. The van der Waals surface area contributed by atoms with Gasteiger partial charge in [-0.2, -0.15) is 0 Å². The quantitative estimate of drug-likeness (QED) is 0.781. The van der Waals surface area contributed by atoms with E-state index in [-0.39, 0.29) is 19.7 Å². The molecule has 0 fully saturated rings. The van der Waals surface area contributed by atoms with Crippen molar-refractivity contribution >= 4 is 29.6 Å². The highest BCUT2D eigenvalue weighted by Gasteiger charge is 2.13. The highest BCUT2D eigenvalue weighted by atomic mass is 35.5. The molecule has 0 aliphatic heterocycles. The molecular weight excluding hydrogens is 282 g/mol. The van der Waals surface area contributed by atoms with E-state index in [2.05, 4.69) is 0 Å². The van der Waals surface area contributed by atoms with Crippen LogP contribution in [0.25, 0.3) is 6.08 Å². The van der Waals surface area contributed by atoms with E-state index in [4.69, 9.17) is 21.4 Å². The Kier molecular flexibility index (Phi) is 6.76. The summed E-state index contributed by atoms with van der Waals surface area (Å²) in [6, 6.07) is 7.07. The standard InChI is InChI=1S/C14H16ClNO4/c1-20-9-8-16(10-14(18)19)13(17)7-6-11-4-2-3-5-12(11)15/h2-7H,8-10H2,1H3,(H,18,19). The second-order valence-electron chi connectivity index (χ2n) is 4.00. The summed E-state index contributed by atoms with van der Waals surface area (Å²) in [4.78, 5) is 23.9. The van der Waals surface area contributed by atoms with E-state index in [9.17, 15) is 9.59 Å². The third kappa shape index (κ3) is 5.42. The van der Waals surface area contributed by atoms with Crippen LogP contribution in [0, 0.1) is 0 Å². The Hall–Kier alpha value is -1.85. The van der Waals surface area contributed by atoms with Gasteiger partial charge < -0.3 is 14.7 Å². The molecule has 0 atom stereocenters. The first-order valence-corrected chi connectivity index (χ1v) is 6.34. The maximum Gasteiger partial charge on any atom is 0.323 e. The van der Waals surface area contributed by atoms with E-state index >= 15 is 0 Å². The number of carbonyl (C=O) groups is 2. The molecule has 1 aromatic carbocycles. The Labute approximate surface area is 122 Å². The van der Waals surface area contributed by atoms with Gasteiger partial charge in [0.2, 0.25) is 5.91 Å². The molecule has 108 valence electrons. The summed E-state index contributed by atoms with van der Waals surface area (Å²) in [6.07, 6.45) is 2.87. The maximum atomic E-state index is 11.9. The normalized spacial score (nSPS) is 10.7. The molecule has 0 saturated carbocycles. The van der Waals surface area contributed by atoms with Gasteiger partial charge in [0.05, 0.1) is 6.61 Å². The van der Waals surface area contributed by atoms with Crippen molar-refractivity contribution in [2.75, 3.05) is 26.8 Å². The van der Waals surface area contributed by atoms with Gasteiger partial charge in [0, 0.05) is 24.8 Å². The van der Waals surface area contributed by atoms with E-state index in [0.29, 0.717) is 10.6 Å². The number of benzene rings is 1. The molecule has 6 heteroatoms. The average molecular weight is 298 g/mol. The molecule has 1 N–H and O–H groups in total. The number of nitrogens with zero attached hydrogens (tertiary/aromatic N) is 1. The first kappa shape index (κ1) is 16.2. The SMILES string of the molecule is COCCN(CC(=O)O)C(=O)C=Cc1ccccc1Cl. The lowest BCUT2D eigenvalue weighted by Gasteiger charge is -2.18. The highest BCUT2D eigenvalue weighted by molar-refractivity contribution is 6.32. The zero-order valence-electron chi connectivity index (χ0n) is 11.1. The van der Waals surface area contributed by atoms with Gasteiger partial charge in [0.25, 0.3) is 0 Å². The number of carboxylic acid groups (broad SMARTS) is 1. The van der Waals surface area contributed by atoms with Crippen molar-refractivity contribution in [2.24, 2.45) is 0 Å². The van der Waals surface area contributed by atoms with Gasteiger partial charge in [-0.1, -0.05) is 29.8 Å². The van der Waals surface area contributed by atoms with Crippen molar-refractivity contribution in [3.05, 3.63) is 40.9 Å². The molecule has 1 amide bonds. The summed E-state index contributed by atoms with van der Waals surface area (Å²) in [5, 5.41) is 9.31. The minimum Gasteiger partial charge on any atom is -0.480 e. The van der Waals surface area contributed by atoms with Crippen LogP contribution in [0.1, 0.15) is 5.56 Å². The molecule has 5 nitrogen and oxygen atoms in total. The number of aliphatic carboxylic acids is 1. The van der Waals surface area contributed by atoms with E-state index in [1.807, 2.05) is 0 Å². The van der Waals surface area contributed by atoms with E-state index in [0.717, 1.165) is 0 Å². The molecule has 20 heavy (non-hydrogen) atoms. The van der Waals surface area contributed by atoms with Crippen molar-refractivity contribution in [2.45, 2.75) is 0 Å². The van der Waals surface area contributed by atoms with Gasteiger partial charge in [-0.05, 0) is 17.7 Å². The summed E-state index contributed by atoms with van der Waals surface area (Å²) in [6.45, 7) is 0.127. The lowest BCUT2D eigenvalue weighted by Crippen LogP contribution is -2.36. The molecular formula is C14H16ClNO4. The zero-order valence-corrected chi connectivity index (χ0v) is 11.8. The molecule has 0 aliphatic rings. The number of methoxy groups -OCH3 is 1. The number of hydrogen-bond acceptors (Lipinski definition) is 3. The molecule has 0 saturated heterocycles. The van der Waals surface area contributed by atoms with Gasteiger partial charge in [-0.25, -0.2) is 0 Å². The molecule has 0 heterocycles. The number of rotatable bonds is 7. The monoisotopic (exact) mass is 297 g/mol. The van der Waals surface area contributed by atoms with E-state index < -0.39 is 11.9 Å².